The predicted molar refractivity (Wildman–Crippen MR) is 101 cm³/mol. The van der Waals surface area contributed by atoms with Crippen LogP contribution in [0.3, 0.4) is 0 Å². The Morgan fingerprint density at radius 2 is 1.88 bits per heavy atom. The molecular weight excluding hydrogens is 356 g/mol. The van der Waals surface area contributed by atoms with Crippen LogP contribution in [0.1, 0.15) is 5.56 Å². The lowest BCUT2D eigenvalue weighted by molar-refractivity contribution is 0.0177. The largest absolute Gasteiger partial charge is 0.382 e. The van der Waals surface area contributed by atoms with Crippen LogP contribution in [0, 0.1) is 0 Å². The van der Waals surface area contributed by atoms with Gasteiger partial charge in [-0.05, 0) is 12.0 Å². The topological polar surface area (TPSA) is 77.1 Å². The lowest BCUT2D eigenvalue weighted by atomic mass is 10.0. The first-order valence-electron chi connectivity index (χ1n) is 9.00. The van der Waals surface area contributed by atoms with Gasteiger partial charge in [0.25, 0.3) is 0 Å². The molecule has 148 valence electrons. The Kier molecular flexibility index (Phi) is 9.52. The van der Waals surface area contributed by atoms with Crippen molar-refractivity contribution in [1.29, 1.82) is 0 Å². The highest BCUT2D eigenvalue weighted by Gasteiger charge is 2.23. The van der Waals surface area contributed by atoms with Gasteiger partial charge in [-0.1, -0.05) is 30.3 Å². The molecule has 0 bridgehead atoms. The van der Waals surface area contributed by atoms with Gasteiger partial charge in [-0.3, -0.25) is 4.90 Å². The first kappa shape index (κ1) is 21.3. The van der Waals surface area contributed by atoms with E-state index in [1.807, 2.05) is 18.2 Å². The van der Waals surface area contributed by atoms with Gasteiger partial charge in [0, 0.05) is 32.8 Å². The number of nitrogens with zero attached hydrogens (tertiary/aromatic N) is 1. The zero-order valence-electron chi connectivity index (χ0n) is 15.4. The Balaban J connectivity index is 1.86. The van der Waals surface area contributed by atoms with E-state index in [2.05, 4.69) is 21.8 Å². The summed E-state index contributed by atoms with van der Waals surface area (Å²) >= 11 is 0. The lowest BCUT2D eigenvalue weighted by Gasteiger charge is -2.34. The summed E-state index contributed by atoms with van der Waals surface area (Å²) in [6, 6.07) is 10.3. The van der Waals surface area contributed by atoms with Gasteiger partial charge in [0.1, 0.15) is 0 Å². The number of morpholine rings is 1. The summed E-state index contributed by atoms with van der Waals surface area (Å²) in [4.78, 5) is 2.30. The van der Waals surface area contributed by atoms with Gasteiger partial charge in [0.2, 0.25) is 10.0 Å². The summed E-state index contributed by atoms with van der Waals surface area (Å²) in [7, 11) is -1.79. The molecule has 2 rings (SSSR count). The molecule has 0 saturated carbocycles. The molecule has 1 N–H and O–H groups in total. The molecule has 1 saturated heterocycles. The molecule has 0 aliphatic carbocycles. The minimum atomic E-state index is -3.37. The number of ether oxygens (including phenoxy) is 3. The predicted octanol–water partition coefficient (Wildman–Crippen LogP) is 0.512. The number of methoxy groups -OCH3 is 1. The number of nitrogens with one attached hydrogen (secondary N) is 1. The Bertz CT molecular complexity index is 591. The van der Waals surface area contributed by atoms with Crippen molar-refractivity contribution in [2.45, 2.75) is 12.5 Å². The van der Waals surface area contributed by atoms with Crippen LogP contribution in [-0.4, -0.2) is 84.9 Å². The molecule has 1 aromatic carbocycles. The van der Waals surface area contributed by atoms with Crippen molar-refractivity contribution in [2.24, 2.45) is 0 Å². The van der Waals surface area contributed by atoms with Gasteiger partial charge >= 0.3 is 0 Å². The maximum Gasteiger partial charge on any atom is 0.213 e. The highest BCUT2D eigenvalue weighted by Crippen LogP contribution is 2.11. The Labute approximate surface area is 156 Å². The third-order valence-electron chi connectivity index (χ3n) is 4.34. The number of rotatable bonds is 12. The van der Waals surface area contributed by atoms with E-state index in [1.165, 1.54) is 5.56 Å². The fourth-order valence-corrected chi connectivity index (χ4v) is 3.80. The summed E-state index contributed by atoms with van der Waals surface area (Å²) < 4.78 is 42.8. The average Bonchev–Trinajstić information content (AvgIpc) is 2.66. The van der Waals surface area contributed by atoms with Crippen LogP contribution < -0.4 is 4.72 Å². The van der Waals surface area contributed by atoms with Crippen molar-refractivity contribution < 1.29 is 22.6 Å². The zero-order valence-corrected chi connectivity index (χ0v) is 16.2. The van der Waals surface area contributed by atoms with E-state index in [0.29, 0.717) is 33.0 Å². The second-order valence-corrected chi connectivity index (χ2v) is 8.19. The van der Waals surface area contributed by atoms with Crippen molar-refractivity contribution >= 4 is 10.0 Å². The van der Waals surface area contributed by atoms with Crippen molar-refractivity contribution in [3.63, 3.8) is 0 Å². The molecule has 0 radical (unpaired) electrons. The number of benzene rings is 1. The van der Waals surface area contributed by atoms with Gasteiger partial charge < -0.3 is 14.2 Å². The number of hydrogen-bond acceptors (Lipinski definition) is 6. The molecule has 1 fully saturated rings. The summed E-state index contributed by atoms with van der Waals surface area (Å²) in [5, 5.41) is 0. The molecule has 26 heavy (non-hydrogen) atoms. The van der Waals surface area contributed by atoms with Crippen LogP contribution in [-0.2, 0) is 30.7 Å². The van der Waals surface area contributed by atoms with Gasteiger partial charge in [-0.2, -0.15) is 0 Å². The fraction of sp³-hybridized carbons (Fsp3) is 0.667. The monoisotopic (exact) mass is 386 g/mol. The van der Waals surface area contributed by atoms with Crippen molar-refractivity contribution in [1.82, 2.24) is 9.62 Å². The summed E-state index contributed by atoms with van der Waals surface area (Å²) in [6.45, 7) is 4.42. The standard InChI is InChI=1S/C18H30N2O5S/c1-23-11-12-25-13-14-26(21,22)19-16-18(20-7-9-24-10-8-20)15-17-5-3-2-4-6-17/h2-6,18-19H,7-16H2,1H3. The second-order valence-electron chi connectivity index (χ2n) is 6.26. The number of hydrogen-bond donors (Lipinski definition) is 1. The maximum atomic E-state index is 12.2. The van der Waals surface area contributed by atoms with Crippen LogP contribution in [0.4, 0.5) is 0 Å². The van der Waals surface area contributed by atoms with Gasteiger partial charge in [-0.15, -0.1) is 0 Å². The van der Waals surface area contributed by atoms with Gasteiger partial charge in [0.05, 0.1) is 38.8 Å². The highest BCUT2D eigenvalue weighted by molar-refractivity contribution is 7.89. The molecule has 7 nitrogen and oxygen atoms in total. The minimum Gasteiger partial charge on any atom is -0.382 e. The third kappa shape index (κ3) is 8.11. The van der Waals surface area contributed by atoms with Crippen LogP contribution >= 0.6 is 0 Å². The Hall–Kier alpha value is -1.03. The summed E-state index contributed by atoms with van der Waals surface area (Å²) in [5.41, 5.74) is 1.20. The summed E-state index contributed by atoms with van der Waals surface area (Å²) in [6.07, 6.45) is 0.799. The highest BCUT2D eigenvalue weighted by atomic mass is 32.2. The molecule has 0 spiro atoms. The van der Waals surface area contributed by atoms with Crippen LogP contribution in [0.15, 0.2) is 30.3 Å². The van der Waals surface area contributed by atoms with E-state index >= 15 is 0 Å². The molecule has 0 aromatic heterocycles. The Morgan fingerprint density at radius 3 is 2.58 bits per heavy atom. The lowest BCUT2D eigenvalue weighted by Crippen LogP contribution is -2.50. The fourth-order valence-electron chi connectivity index (χ4n) is 2.87. The van der Waals surface area contributed by atoms with Gasteiger partial charge in [-0.25, -0.2) is 13.1 Å². The molecule has 1 unspecified atom stereocenters. The molecule has 8 heteroatoms. The van der Waals surface area contributed by atoms with E-state index in [4.69, 9.17) is 14.2 Å². The van der Waals surface area contributed by atoms with Crippen molar-refractivity contribution in [3.05, 3.63) is 35.9 Å². The summed E-state index contributed by atoms with van der Waals surface area (Å²) in [5.74, 6) is -0.0438. The molecule has 1 atom stereocenters. The first-order chi connectivity index (χ1) is 12.6. The molecule has 1 aromatic rings. The zero-order chi connectivity index (χ0) is 18.7. The maximum absolute atomic E-state index is 12.2. The molecule has 1 aliphatic heterocycles. The van der Waals surface area contributed by atoms with Crippen molar-refractivity contribution in [2.75, 3.05) is 65.5 Å². The van der Waals surface area contributed by atoms with E-state index in [-0.39, 0.29) is 18.4 Å². The molecule has 1 aliphatic rings. The number of sulfonamides is 1. The molecular formula is C18H30N2O5S. The van der Waals surface area contributed by atoms with Crippen molar-refractivity contribution in [3.8, 4) is 0 Å². The molecule has 1 heterocycles. The first-order valence-corrected chi connectivity index (χ1v) is 10.7. The third-order valence-corrected chi connectivity index (χ3v) is 5.65. The molecule has 0 amide bonds. The SMILES string of the molecule is COCCOCCS(=O)(=O)NCC(Cc1ccccc1)N1CCOCC1. The van der Waals surface area contributed by atoms with Gasteiger partial charge in [0.15, 0.2) is 0 Å². The van der Waals surface area contributed by atoms with E-state index in [1.54, 1.807) is 7.11 Å². The van der Waals surface area contributed by atoms with E-state index < -0.39 is 10.0 Å². The second kappa shape index (κ2) is 11.6. The smallest absolute Gasteiger partial charge is 0.213 e. The normalized spacial score (nSPS) is 17.3. The van der Waals surface area contributed by atoms with Crippen LogP contribution in [0.2, 0.25) is 0 Å². The Morgan fingerprint density at radius 1 is 1.15 bits per heavy atom. The quantitative estimate of drug-likeness (QED) is 0.528. The van der Waals surface area contributed by atoms with Crippen LogP contribution in [0.25, 0.3) is 0 Å². The van der Waals surface area contributed by atoms with Crippen LogP contribution in [0.5, 0.6) is 0 Å². The minimum absolute atomic E-state index is 0.0438. The average molecular weight is 387 g/mol. The van der Waals surface area contributed by atoms with E-state index in [9.17, 15) is 8.42 Å². The van der Waals surface area contributed by atoms with E-state index in [0.717, 1.165) is 19.5 Å².